The Labute approximate surface area is 392 Å². The molecule has 4 N–H and O–H groups in total. The van der Waals surface area contributed by atoms with Gasteiger partial charge in [0.05, 0.1) is 19.8 Å². The van der Waals surface area contributed by atoms with E-state index in [1.807, 2.05) is 0 Å². The van der Waals surface area contributed by atoms with E-state index in [0.29, 0.717) is 13.0 Å². The van der Waals surface area contributed by atoms with Crippen molar-refractivity contribution in [2.75, 3.05) is 26.4 Å². The van der Waals surface area contributed by atoms with Crippen LogP contribution in [0.2, 0.25) is 0 Å². The topological polar surface area (TPSA) is 178 Å². The van der Waals surface area contributed by atoms with Crippen molar-refractivity contribution in [3.63, 3.8) is 0 Å². The van der Waals surface area contributed by atoms with Crippen molar-refractivity contribution < 1.29 is 56.2 Å². The highest BCUT2D eigenvalue weighted by molar-refractivity contribution is 7.80. The molecule has 0 saturated carbocycles. The molecule has 382 valence electrons. The molecule has 0 aromatic heterocycles. The summed E-state index contributed by atoms with van der Waals surface area (Å²) in [7, 11) is -5.06. The van der Waals surface area contributed by atoms with Gasteiger partial charge in [-0.25, -0.2) is 4.18 Å². The predicted octanol–water partition coefficient (Wildman–Crippen LogP) is 12.4. The van der Waals surface area contributed by atoms with Crippen LogP contribution in [-0.2, 0) is 38.3 Å². The average Bonchev–Trinajstić information content (AvgIpc) is 3.27. The molecule has 1 fully saturated rings. The third kappa shape index (κ3) is 36.2. The van der Waals surface area contributed by atoms with Crippen molar-refractivity contribution in [3.05, 3.63) is 0 Å². The summed E-state index contributed by atoms with van der Waals surface area (Å²) >= 11 is 0. The van der Waals surface area contributed by atoms with E-state index in [2.05, 4.69) is 18.0 Å². The number of ether oxygens (including phenoxy) is 4. The van der Waals surface area contributed by atoms with Crippen LogP contribution >= 0.6 is 0 Å². The van der Waals surface area contributed by atoms with Gasteiger partial charge in [-0.15, -0.1) is 0 Å². The Morgan fingerprint density at radius 3 is 1.25 bits per heavy atom. The van der Waals surface area contributed by atoms with Gasteiger partial charge in [0.2, 0.25) is 0 Å². The predicted molar refractivity (Wildman–Crippen MR) is 258 cm³/mol. The molecule has 0 amide bonds. The first-order valence-corrected chi connectivity index (χ1v) is 28.2. The summed E-state index contributed by atoms with van der Waals surface area (Å²) < 4.78 is 59.2. The third-order valence-electron chi connectivity index (χ3n) is 12.7. The van der Waals surface area contributed by atoms with Gasteiger partial charge in [0.15, 0.2) is 6.29 Å². The lowest BCUT2D eigenvalue weighted by molar-refractivity contribution is -0.301. The molecule has 1 saturated heterocycles. The molecule has 1 aliphatic rings. The van der Waals surface area contributed by atoms with Crippen LogP contribution in [0.4, 0.5) is 0 Å². The molecular weight excluding hydrogens is 837 g/mol. The number of hydrogen-bond acceptors (Lipinski definition) is 11. The van der Waals surface area contributed by atoms with Gasteiger partial charge in [-0.3, -0.25) is 9.35 Å². The first-order chi connectivity index (χ1) is 31.1. The number of esters is 1. The maximum Gasteiger partial charge on any atom is 0.397 e. The van der Waals surface area contributed by atoms with E-state index in [1.54, 1.807) is 0 Å². The van der Waals surface area contributed by atoms with Gasteiger partial charge in [0, 0.05) is 13.0 Å². The van der Waals surface area contributed by atoms with Gasteiger partial charge in [-0.05, 0) is 12.8 Å². The van der Waals surface area contributed by atoms with E-state index in [9.17, 15) is 33.1 Å². The van der Waals surface area contributed by atoms with Gasteiger partial charge in [0.1, 0.15) is 30.5 Å². The van der Waals surface area contributed by atoms with E-state index in [1.165, 1.54) is 193 Å². The van der Waals surface area contributed by atoms with Crippen LogP contribution in [0.3, 0.4) is 0 Å². The lowest BCUT2D eigenvalue weighted by Crippen LogP contribution is -2.60. The Kier molecular flexibility index (Phi) is 41.4. The second-order valence-corrected chi connectivity index (χ2v) is 19.9. The molecule has 1 aliphatic heterocycles. The molecular formula is C51H100O12S. The number of hydrogen-bond donors (Lipinski definition) is 4. The second kappa shape index (κ2) is 43.4. The van der Waals surface area contributed by atoms with Crippen molar-refractivity contribution in [1.82, 2.24) is 0 Å². The number of rotatable bonds is 48. The van der Waals surface area contributed by atoms with Gasteiger partial charge in [-0.1, -0.05) is 239 Å². The van der Waals surface area contributed by atoms with Crippen LogP contribution in [-0.4, -0.2) is 97.5 Å². The SMILES string of the molecule is CCCCCCCCCCCCCCCCCCCCCCCCCCOCC(COC1OC(CO)C(O)C(OS(=O)(=O)O)C1O)OC(=O)CCCCCCCCCCCCCCC. The Hall–Kier alpha value is -0.900. The highest BCUT2D eigenvalue weighted by atomic mass is 32.3. The summed E-state index contributed by atoms with van der Waals surface area (Å²) in [6, 6.07) is 0. The number of aliphatic hydroxyl groups is 3. The fraction of sp³-hybridized carbons (Fsp3) is 0.980. The minimum Gasteiger partial charge on any atom is -0.457 e. The van der Waals surface area contributed by atoms with Gasteiger partial charge in [0.25, 0.3) is 0 Å². The fourth-order valence-electron chi connectivity index (χ4n) is 8.68. The molecule has 1 heterocycles. The monoisotopic (exact) mass is 937 g/mol. The molecule has 0 spiro atoms. The Bertz CT molecular complexity index is 1130. The van der Waals surface area contributed by atoms with E-state index >= 15 is 0 Å². The zero-order chi connectivity index (χ0) is 46.8. The molecule has 0 radical (unpaired) electrons. The smallest absolute Gasteiger partial charge is 0.397 e. The van der Waals surface area contributed by atoms with E-state index < -0.39 is 59.8 Å². The zero-order valence-corrected chi connectivity index (χ0v) is 41.9. The van der Waals surface area contributed by atoms with Gasteiger partial charge >= 0.3 is 16.4 Å². The molecule has 0 aromatic rings. The van der Waals surface area contributed by atoms with Crippen molar-refractivity contribution in [3.8, 4) is 0 Å². The number of aliphatic hydroxyl groups excluding tert-OH is 3. The highest BCUT2D eigenvalue weighted by Gasteiger charge is 2.48. The molecule has 12 nitrogen and oxygen atoms in total. The molecule has 0 aromatic carbocycles. The minimum absolute atomic E-state index is 0.0452. The normalized spacial score (nSPS) is 19.6. The standard InChI is InChI=1S/C51H100O12S/c1-3-5-7-9-11-13-15-17-18-19-20-21-22-23-24-25-26-27-29-31-33-35-37-39-41-59-43-45(44-60-51-49(55)50(63-64(56,57)58)48(54)46(42-52)62-51)61-47(53)40-38-36-34-32-30-28-16-14-12-10-8-6-4-2/h45-46,48-52,54-55H,3-44H2,1-2H3,(H,56,57,58). The first kappa shape index (κ1) is 61.1. The maximum absolute atomic E-state index is 12.9. The third-order valence-corrected chi connectivity index (χ3v) is 13.2. The lowest BCUT2D eigenvalue weighted by atomic mass is 9.99. The molecule has 13 heteroatoms. The van der Waals surface area contributed by atoms with Crippen LogP contribution in [0.15, 0.2) is 0 Å². The van der Waals surface area contributed by atoms with E-state index in [0.717, 1.165) is 38.5 Å². The highest BCUT2D eigenvalue weighted by Crippen LogP contribution is 2.26. The van der Waals surface area contributed by atoms with Crippen molar-refractivity contribution in [1.29, 1.82) is 0 Å². The zero-order valence-electron chi connectivity index (χ0n) is 41.1. The lowest BCUT2D eigenvalue weighted by Gasteiger charge is -2.41. The van der Waals surface area contributed by atoms with Crippen LogP contribution in [0.25, 0.3) is 0 Å². The minimum atomic E-state index is -5.06. The fourth-order valence-corrected chi connectivity index (χ4v) is 9.18. The van der Waals surface area contributed by atoms with Crippen LogP contribution in [0.5, 0.6) is 0 Å². The van der Waals surface area contributed by atoms with Crippen LogP contribution in [0.1, 0.15) is 258 Å². The molecule has 0 bridgehead atoms. The quantitative estimate of drug-likeness (QED) is 0.0258. The van der Waals surface area contributed by atoms with Crippen molar-refractivity contribution in [2.24, 2.45) is 0 Å². The van der Waals surface area contributed by atoms with E-state index in [4.69, 9.17) is 18.9 Å². The van der Waals surface area contributed by atoms with Gasteiger partial charge in [-0.2, -0.15) is 8.42 Å². The van der Waals surface area contributed by atoms with Crippen LogP contribution < -0.4 is 0 Å². The summed E-state index contributed by atoms with van der Waals surface area (Å²) in [5, 5.41) is 30.7. The number of unbranched alkanes of at least 4 members (excludes halogenated alkanes) is 35. The Balaban J connectivity index is 2.27. The first-order valence-electron chi connectivity index (χ1n) is 26.8. The summed E-state index contributed by atoms with van der Waals surface area (Å²) in [6.07, 6.45) is 38.6. The molecule has 6 unspecified atom stereocenters. The average molecular weight is 937 g/mol. The number of carbonyl (C=O) groups is 1. The second-order valence-electron chi connectivity index (χ2n) is 18.8. The molecule has 0 aliphatic carbocycles. The molecule has 6 atom stereocenters. The van der Waals surface area contributed by atoms with Crippen molar-refractivity contribution >= 4 is 16.4 Å². The molecule has 1 rings (SSSR count). The summed E-state index contributed by atoms with van der Waals surface area (Å²) in [6.45, 7) is 4.05. The summed E-state index contributed by atoms with van der Waals surface area (Å²) in [5.41, 5.74) is 0. The molecule has 64 heavy (non-hydrogen) atoms. The maximum atomic E-state index is 12.9. The number of carbonyl (C=O) groups excluding carboxylic acids is 1. The van der Waals surface area contributed by atoms with E-state index in [-0.39, 0.29) is 19.6 Å². The summed E-state index contributed by atoms with van der Waals surface area (Å²) in [4.78, 5) is 12.9. The summed E-state index contributed by atoms with van der Waals surface area (Å²) in [5.74, 6) is -0.392. The Morgan fingerprint density at radius 2 is 0.891 bits per heavy atom. The van der Waals surface area contributed by atoms with Crippen LogP contribution in [0, 0.1) is 0 Å². The largest absolute Gasteiger partial charge is 0.457 e. The Morgan fingerprint density at radius 1 is 0.531 bits per heavy atom. The van der Waals surface area contributed by atoms with Gasteiger partial charge < -0.3 is 34.3 Å². The van der Waals surface area contributed by atoms with Crippen molar-refractivity contribution in [2.45, 2.75) is 295 Å².